The predicted octanol–water partition coefficient (Wildman–Crippen LogP) is 4.31. The van der Waals surface area contributed by atoms with Gasteiger partial charge >= 0.3 is 0 Å². The lowest BCUT2D eigenvalue weighted by Gasteiger charge is -2.17. The lowest BCUT2D eigenvalue weighted by atomic mass is 10.2. The number of ether oxygens (including phenoxy) is 1. The fourth-order valence-electron chi connectivity index (χ4n) is 2.43. The van der Waals surface area contributed by atoms with Crippen LogP contribution in [0.25, 0.3) is 10.7 Å². The summed E-state index contributed by atoms with van der Waals surface area (Å²) in [6.45, 7) is 0.921. The molecule has 2 aromatic heterocycles. The second-order valence-corrected chi connectivity index (χ2v) is 7.35. The molecule has 0 aliphatic heterocycles. The van der Waals surface area contributed by atoms with E-state index in [2.05, 4.69) is 10.1 Å². The average molecular weight is 406 g/mol. The molecule has 0 saturated carbocycles. The molecule has 1 aromatic carbocycles. The molecule has 0 aliphatic carbocycles. The second kappa shape index (κ2) is 9.53. The Hall–Kier alpha value is -2.38. The SMILES string of the molecule is CN(CCOc1cccc(Cl)c1)C(=O)CCCc1nc(-c2cccs2)no1. The van der Waals surface area contributed by atoms with E-state index in [4.69, 9.17) is 20.9 Å². The van der Waals surface area contributed by atoms with Crippen molar-refractivity contribution in [1.29, 1.82) is 0 Å². The van der Waals surface area contributed by atoms with Crippen LogP contribution in [0.15, 0.2) is 46.3 Å². The molecule has 0 unspecified atom stereocenters. The minimum absolute atomic E-state index is 0.0580. The molecule has 6 nitrogen and oxygen atoms in total. The van der Waals surface area contributed by atoms with E-state index in [0.29, 0.717) is 54.9 Å². The predicted molar refractivity (Wildman–Crippen MR) is 105 cm³/mol. The zero-order valence-corrected chi connectivity index (χ0v) is 16.5. The maximum atomic E-state index is 12.2. The fourth-order valence-corrected chi connectivity index (χ4v) is 3.26. The molecule has 0 N–H and O–H groups in total. The van der Waals surface area contributed by atoms with Gasteiger partial charge in [-0.3, -0.25) is 4.79 Å². The number of hydrogen-bond acceptors (Lipinski definition) is 6. The van der Waals surface area contributed by atoms with Crippen LogP contribution in [0.3, 0.4) is 0 Å². The van der Waals surface area contributed by atoms with E-state index in [0.717, 1.165) is 4.88 Å². The first-order valence-electron chi connectivity index (χ1n) is 8.60. The molecule has 0 radical (unpaired) electrons. The number of aromatic nitrogens is 2. The van der Waals surface area contributed by atoms with Gasteiger partial charge in [0.25, 0.3) is 0 Å². The van der Waals surface area contributed by atoms with Crippen LogP contribution in [-0.4, -0.2) is 41.1 Å². The van der Waals surface area contributed by atoms with E-state index < -0.39 is 0 Å². The smallest absolute Gasteiger partial charge is 0.226 e. The van der Waals surface area contributed by atoms with Crippen molar-refractivity contribution in [1.82, 2.24) is 15.0 Å². The molecule has 8 heteroatoms. The summed E-state index contributed by atoms with van der Waals surface area (Å²) in [5, 5.41) is 6.56. The summed E-state index contributed by atoms with van der Waals surface area (Å²) in [7, 11) is 1.77. The molecular formula is C19H20ClN3O3S. The fraction of sp³-hybridized carbons (Fsp3) is 0.316. The highest BCUT2D eigenvalue weighted by molar-refractivity contribution is 7.13. The molecule has 142 valence electrons. The summed E-state index contributed by atoms with van der Waals surface area (Å²) >= 11 is 7.48. The quantitative estimate of drug-likeness (QED) is 0.530. The highest BCUT2D eigenvalue weighted by Gasteiger charge is 2.12. The summed E-state index contributed by atoms with van der Waals surface area (Å²) in [6, 6.07) is 11.1. The van der Waals surface area contributed by atoms with Crippen molar-refractivity contribution in [2.24, 2.45) is 0 Å². The van der Waals surface area contributed by atoms with Gasteiger partial charge in [0.2, 0.25) is 17.6 Å². The van der Waals surface area contributed by atoms with E-state index in [1.807, 2.05) is 29.6 Å². The van der Waals surface area contributed by atoms with Gasteiger partial charge in [-0.25, -0.2) is 0 Å². The molecule has 0 aliphatic rings. The van der Waals surface area contributed by atoms with Crippen molar-refractivity contribution >= 4 is 28.8 Å². The van der Waals surface area contributed by atoms with E-state index in [-0.39, 0.29) is 5.91 Å². The lowest BCUT2D eigenvalue weighted by Crippen LogP contribution is -2.30. The van der Waals surface area contributed by atoms with Gasteiger partial charge in [0.05, 0.1) is 11.4 Å². The number of carbonyl (C=O) groups excluding carboxylic acids is 1. The minimum Gasteiger partial charge on any atom is -0.492 e. The van der Waals surface area contributed by atoms with Crippen LogP contribution in [0.5, 0.6) is 5.75 Å². The highest BCUT2D eigenvalue weighted by atomic mass is 35.5. The lowest BCUT2D eigenvalue weighted by molar-refractivity contribution is -0.130. The van der Waals surface area contributed by atoms with Crippen LogP contribution in [0.1, 0.15) is 18.7 Å². The van der Waals surface area contributed by atoms with E-state index in [1.54, 1.807) is 35.4 Å². The van der Waals surface area contributed by atoms with Crippen LogP contribution < -0.4 is 4.74 Å². The minimum atomic E-state index is 0.0580. The maximum Gasteiger partial charge on any atom is 0.226 e. The average Bonchev–Trinajstić information content (AvgIpc) is 3.33. The standard InChI is InChI=1S/C19H20ClN3O3S/c1-23(10-11-25-15-6-2-5-14(20)13-15)18(24)9-3-8-17-21-19(22-26-17)16-7-4-12-27-16/h2,4-7,12-13H,3,8-11H2,1H3. The Kier molecular flexibility index (Phi) is 6.84. The number of nitrogens with zero attached hydrogens (tertiary/aromatic N) is 3. The van der Waals surface area contributed by atoms with Crippen LogP contribution >= 0.6 is 22.9 Å². The van der Waals surface area contributed by atoms with Crippen LogP contribution in [0.4, 0.5) is 0 Å². The first-order valence-corrected chi connectivity index (χ1v) is 9.86. The van der Waals surface area contributed by atoms with Crippen molar-refractivity contribution in [2.45, 2.75) is 19.3 Å². The number of hydrogen-bond donors (Lipinski definition) is 0. The summed E-state index contributed by atoms with van der Waals surface area (Å²) in [4.78, 5) is 19.2. The third-order valence-corrected chi connectivity index (χ3v) is 5.01. The Balaban J connectivity index is 1.36. The molecule has 0 bridgehead atoms. The van der Waals surface area contributed by atoms with Crippen LogP contribution in [0, 0.1) is 0 Å². The molecule has 3 aromatic rings. The molecule has 3 rings (SSSR count). The second-order valence-electron chi connectivity index (χ2n) is 5.96. The van der Waals surface area contributed by atoms with Crippen LogP contribution in [0.2, 0.25) is 5.02 Å². The molecule has 1 amide bonds. The molecule has 0 spiro atoms. The van der Waals surface area contributed by atoms with E-state index in [1.165, 1.54) is 0 Å². The Morgan fingerprint density at radius 1 is 1.33 bits per heavy atom. The number of benzene rings is 1. The number of likely N-dealkylation sites (N-methyl/N-ethyl adjacent to an activating group) is 1. The number of thiophene rings is 1. The molecular weight excluding hydrogens is 386 g/mol. The zero-order chi connectivity index (χ0) is 19.1. The largest absolute Gasteiger partial charge is 0.492 e. The molecule has 2 heterocycles. The van der Waals surface area contributed by atoms with Crippen molar-refractivity contribution in [3.63, 3.8) is 0 Å². The number of aryl methyl sites for hydroxylation is 1. The Labute approximate surface area is 166 Å². The Morgan fingerprint density at radius 2 is 2.22 bits per heavy atom. The molecule has 0 atom stereocenters. The van der Waals surface area contributed by atoms with Gasteiger partial charge in [0, 0.05) is 24.9 Å². The number of amides is 1. The van der Waals surface area contributed by atoms with Crippen molar-refractivity contribution in [3.8, 4) is 16.5 Å². The van der Waals surface area contributed by atoms with Crippen LogP contribution in [-0.2, 0) is 11.2 Å². The Morgan fingerprint density at radius 3 is 3.00 bits per heavy atom. The summed E-state index contributed by atoms with van der Waals surface area (Å²) in [5.41, 5.74) is 0. The van der Waals surface area contributed by atoms with Gasteiger partial charge in [-0.2, -0.15) is 4.98 Å². The maximum absolute atomic E-state index is 12.2. The highest BCUT2D eigenvalue weighted by Crippen LogP contribution is 2.21. The van der Waals surface area contributed by atoms with Gasteiger partial charge in [0.15, 0.2) is 0 Å². The van der Waals surface area contributed by atoms with Gasteiger partial charge in [0.1, 0.15) is 12.4 Å². The molecule has 0 fully saturated rings. The monoisotopic (exact) mass is 405 g/mol. The van der Waals surface area contributed by atoms with E-state index >= 15 is 0 Å². The van der Waals surface area contributed by atoms with Gasteiger partial charge < -0.3 is 14.2 Å². The van der Waals surface area contributed by atoms with Gasteiger partial charge in [-0.15, -0.1) is 11.3 Å². The zero-order valence-electron chi connectivity index (χ0n) is 14.9. The first-order chi connectivity index (χ1) is 13.1. The summed E-state index contributed by atoms with van der Waals surface area (Å²) in [6.07, 6.45) is 1.66. The normalized spacial score (nSPS) is 10.7. The first kappa shape index (κ1) is 19.4. The Bertz CT molecular complexity index is 867. The third kappa shape index (κ3) is 5.80. The van der Waals surface area contributed by atoms with Gasteiger partial charge in [-0.1, -0.05) is 28.9 Å². The third-order valence-electron chi connectivity index (χ3n) is 3.91. The number of halogens is 1. The molecule has 27 heavy (non-hydrogen) atoms. The van der Waals surface area contributed by atoms with Gasteiger partial charge in [-0.05, 0) is 36.1 Å². The van der Waals surface area contributed by atoms with Crippen molar-refractivity contribution in [2.75, 3.05) is 20.2 Å². The topological polar surface area (TPSA) is 68.5 Å². The number of rotatable bonds is 9. The molecule has 0 saturated heterocycles. The van der Waals surface area contributed by atoms with Crippen molar-refractivity contribution in [3.05, 3.63) is 52.7 Å². The van der Waals surface area contributed by atoms with Crippen molar-refractivity contribution < 1.29 is 14.1 Å². The number of carbonyl (C=O) groups is 1. The summed E-state index contributed by atoms with van der Waals surface area (Å²) in [5.74, 6) is 1.91. The van der Waals surface area contributed by atoms with E-state index in [9.17, 15) is 4.79 Å². The summed E-state index contributed by atoms with van der Waals surface area (Å²) < 4.78 is 10.9.